The number of nitrogens with one attached hydrogen (secondary N) is 2. The van der Waals surface area contributed by atoms with E-state index in [4.69, 9.17) is 23.2 Å². The van der Waals surface area contributed by atoms with E-state index in [0.29, 0.717) is 10.6 Å². The van der Waals surface area contributed by atoms with Crippen LogP contribution < -0.4 is 10.6 Å². The van der Waals surface area contributed by atoms with Crippen LogP contribution in [0.25, 0.3) is 0 Å². The highest BCUT2D eigenvalue weighted by Gasteiger charge is 2.32. The van der Waals surface area contributed by atoms with Gasteiger partial charge in [-0.05, 0) is 18.6 Å². The van der Waals surface area contributed by atoms with E-state index in [2.05, 4.69) is 10.6 Å². The number of urea groups is 1. The first kappa shape index (κ1) is 13.7. The first-order valence-electron chi connectivity index (χ1n) is 5.37. The van der Waals surface area contributed by atoms with Crippen molar-refractivity contribution in [1.29, 1.82) is 0 Å². The summed E-state index contributed by atoms with van der Waals surface area (Å²) in [6.45, 7) is 1.52. The summed E-state index contributed by atoms with van der Waals surface area (Å²) >= 11 is 12.0. The summed E-state index contributed by atoms with van der Waals surface area (Å²) in [6, 6.07) is 3.54. The van der Waals surface area contributed by atoms with E-state index in [1.54, 1.807) is 18.2 Å². The molecule has 7 heteroatoms. The number of halogens is 2. The summed E-state index contributed by atoms with van der Waals surface area (Å²) in [6.07, 6.45) is 0. The number of rotatable bonds is 2. The molecule has 0 saturated heterocycles. The second kappa shape index (κ2) is 5.11. The van der Waals surface area contributed by atoms with Crippen molar-refractivity contribution in [2.75, 3.05) is 0 Å². The van der Waals surface area contributed by atoms with Crippen LogP contribution in [0.15, 0.2) is 29.5 Å². The van der Waals surface area contributed by atoms with Crippen LogP contribution in [-0.2, 0) is 4.79 Å². The molecule has 2 amide bonds. The highest BCUT2D eigenvalue weighted by Crippen LogP contribution is 2.35. The van der Waals surface area contributed by atoms with Gasteiger partial charge in [0, 0.05) is 5.70 Å². The second-order valence-electron chi connectivity index (χ2n) is 4.02. The van der Waals surface area contributed by atoms with Crippen molar-refractivity contribution in [3.8, 4) is 0 Å². The van der Waals surface area contributed by atoms with E-state index in [0.717, 1.165) is 0 Å². The molecule has 19 heavy (non-hydrogen) atoms. The van der Waals surface area contributed by atoms with Gasteiger partial charge in [0.1, 0.15) is 0 Å². The minimum atomic E-state index is -1.13. The Morgan fingerprint density at radius 3 is 2.68 bits per heavy atom. The number of carbonyl (C=O) groups is 2. The highest BCUT2D eigenvalue weighted by molar-refractivity contribution is 6.42. The number of amides is 2. The summed E-state index contributed by atoms with van der Waals surface area (Å²) in [5.41, 5.74) is 0.752. The maximum atomic E-state index is 11.5. The fourth-order valence-corrected chi connectivity index (χ4v) is 2.37. The second-order valence-corrected chi connectivity index (χ2v) is 4.80. The number of benzene rings is 1. The van der Waals surface area contributed by atoms with E-state index in [9.17, 15) is 14.7 Å². The number of aliphatic carboxylic acids is 1. The molecule has 0 aliphatic carbocycles. The summed E-state index contributed by atoms with van der Waals surface area (Å²) in [5.74, 6) is -1.13. The number of allylic oxidation sites excluding steroid dienone is 1. The van der Waals surface area contributed by atoms with Crippen molar-refractivity contribution in [2.24, 2.45) is 0 Å². The Balaban J connectivity index is 2.58. The van der Waals surface area contributed by atoms with Gasteiger partial charge < -0.3 is 15.7 Å². The maximum Gasteiger partial charge on any atom is 0.335 e. The summed E-state index contributed by atoms with van der Waals surface area (Å²) in [7, 11) is 0. The molecule has 1 heterocycles. The Hall–Kier alpha value is -1.72. The van der Waals surface area contributed by atoms with E-state index in [1.807, 2.05) is 0 Å². The summed E-state index contributed by atoms with van der Waals surface area (Å²) < 4.78 is 0. The number of carbonyl (C=O) groups excluding carboxylic acids is 1. The predicted octanol–water partition coefficient (Wildman–Crippen LogP) is 2.71. The minimum Gasteiger partial charge on any atom is -0.478 e. The minimum absolute atomic E-state index is 0.0313. The smallest absolute Gasteiger partial charge is 0.335 e. The fraction of sp³-hybridized carbons (Fsp3) is 0.167. The molecule has 1 aromatic carbocycles. The van der Waals surface area contributed by atoms with Crippen molar-refractivity contribution in [3.63, 3.8) is 0 Å². The zero-order chi connectivity index (χ0) is 14.2. The SMILES string of the molecule is CC1=C(C(=O)O)[C@H](c2cccc(Cl)c2Cl)NC(=O)N1. The molecule has 0 radical (unpaired) electrons. The standard InChI is InChI=1S/C12H10Cl2N2O3/c1-5-8(11(17)18)10(16-12(19)15-5)6-3-2-4-7(13)9(6)14/h2-4,10H,1H3,(H,17,18)(H2,15,16,19)/t10-/m0/s1. The number of carboxylic acid groups (broad SMARTS) is 1. The van der Waals surface area contributed by atoms with Gasteiger partial charge in [-0.3, -0.25) is 0 Å². The van der Waals surface area contributed by atoms with E-state index < -0.39 is 18.0 Å². The van der Waals surface area contributed by atoms with Crippen molar-refractivity contribution in [2.45, 2.75) is 13.0 Å². The van der Waals surface area contributed by atoms with Crippen LogP contribution >= 0.6 is 23.2 Å². The molecule has 1 aliphatic heterocycles. The van der Waals surface area contributed by atoms with Crippen molar-refractivity contribution in [1.82, 2.24) is 10.6 Å². The number of carboxylic acids is 1. The van der Waals surface area contributed by atoms with Crippen molar-refractivity contribution >= 4 is 35.2 Å². The normalized spacial score (nSPS) is 18.9. The molecule has 0 bridgehead atoms. The largest absolute Gasteiger partial charge is 0.478 e. The van der Waals surface area contributed by atoms with Gasteiger partial charge in [-0.15, -0.1) is 0 Å². The third-order valence-corrected chi connectivity index (χ3v) is 3.63. The maximum absolute atomic E-state index is 11.5. The lowest BCUT2D eigenvalue weighted by atomic mass is 9.95. The van der Waals surface area contributed by atoms with Crippen LogP contribution in [0.2, 0.25) is 10.0 Å². The lowest BCUT2D eigenvalue weighted by Crippen LogP contribution is -2.45. The Morgan fingerprint density at radius 2 is 2.05 bits per heavy atom. The zero-order valence-corrected chi connectivity index (χ0v) is 11.3. The predicted molar refractivity (Wildman–Crippen MR) is 71.2 cm³/mol. The van der Waals surface area contributed by atoms with Gasteiger partial charge in [-0.1, -0.05) is 35.3 Å². The molecule has 1 aliphatic rings. The monoisotopic (exact) mass is 300 g/mol. The van der Waals surface area contributed by atoms with E-state index >= 15 is 0 Å². The Labute approximate surface area is 119 Å². The Morgan fingerprint density at radius 1 is 1.37 bits per heavy atom. The first-order valence-corrected chi connectivity index (χ1v) is 6.13. The van der Waals surface area contributed by atoms with Crippen molar-refractivity contribution < 1.29 is 14.7 Å². The van der Waals surface area contributed by atoms with Crippen LogP contribution in [0, 0.1) is 0 Å². The van der Waals surface area contributed by atoms with Gasteiger partial charge in [0.15, 0.2) is 0 Å². The average Bonchev–Trinajstić information content (AvgIpc) is 2.31. The molecule has 1 atom stereocenters. The van der Waals surface area contributed by atoms with Crippen molar-refractivity contribution in [3.05, 3.63) is 45.1 Å². The summed E-state index contributed by atoms with van der Waals surface area (Å²) in [5, 5.41) is 14.7. The van der Waals surface area contributed by atoms with Gasteiger partial charge in [0.2, 0.25) is 0 Å². The topological polar surface area (TPSA) is 78.4 Å². The Kier molecular flexibility index (Phi) is 3.68. The van der Waals surface area contributed by atoms with E-state index in [-0.39, 0.29) is 16.3 Å². The molecular weight excluding hydrogens is 291 g/mol. The van der Waals surface area contributed by atoms with Gasteiger partial charge in [-0.25, -0.2) is 9.59 Å². The third kappa shape index (κ3) is 2.52. The van der Waals surface area contributed by atoms with Gasteiger partial charge in [-0.2, -0.15) is 0 Å². The molecule has 3 N–H and O–H groups in total. The molecule has 0 saturated carbocycles. The molecule has 100 valence electrons. The van der Waals surface area contributed by atoms with Crippen LogP contribution in [0.5, 0.6) is 0 Å². The highest BCUT2D eigenvalue weighted by atomic mass is 35.5. The fourth-order valence-electron chi connectivity index (χ4n) is 1.95. The molecule has 1 aromatic rings. The number of hydrogen-bond acceptors (Lipinski definition) is 2. The third-order valence-electron chi connectivity index (χ3n) is 2.79. The van der Waals surface area contributed by atoms with Crippen LogP contribution in [0.4, 0.5) is 4.79 Å². The quantitative estimate of drug-likeness (QED) is 0.786. The molecule has 0 spiro atoms. The zero-order valence-electron chi connectivity index (χ0n) is 9.83. The lowest BCUT2D eigenvalue weighted by molar-refractivity contribution is -0.133. The average molecular weight is 301 g/mol. The summed E-state index contributed by atoms with van der Waals surface area (Å²) in [4.78, 5) is 22.8. The lowest BCUT2D eigenvalue weighted by Gasteiger charge is -2.27. The number of hydrogen-bond donors (Lipinski definition) is 3. The van der Waals surface area contributed by atoms with Gasteiger partial charge in [0.05, 0.1) is 21.7 Å². The Bertz CT molecular complexity index is 599. The first-order chi connectivity index (χ1) is 8.91. The van der Waals surface area contributed by atoms with E-state index in [1.165, 1.54) is 6.92 Å². The van der Waals surface area contributed by atoms with Crippen LogP contribution in [0.1, 0.15) is 18.5 Å². The molecule has 0 aromatic heterocycles. The molecule has 0 unspecified atom stereocenters. The molecule has 0 fully saturated rings. The molecular formula is C12H10Cl2N2O3. The molecule has 2 rings (SSSR count). The van der Waals surface area contributed by atoms with Crippen LogP contribution in [-0.4, -0.2) is 17.1 Å². The molecule has 5 nitrogen and oxygen atoms in total. The van der Waals surface area contributed by atoms with Gasteiger partial charge in [0.25, 0.3) is 0 Å². The van der Waals surface area contributed by atoms with Crippen LogP contribution in [0.3, 0.4) is 0 Å². The van der Waals surface area contributed by atoms with Gasteiger partial charge >= 0.3 is 12.0 Å².